The minimum Gasteiger partial charge on any atom is -0.324 e. The average molecular weight is 479 g/mol. The number of aryl methyl sites for hydroxylation is 4. The molecule has 1 aromatic carbocycles. The summed E-state index contributed by atoms with van der Waals surface area (Å²) in [4.78, 5) is 28.6. The Morgan fingerprint density at radius 3 is 1.68 bits per heavy atom. The number of rotatable bonds is 10. The number of nitrogens with zero attached hydrogens (tertiary/aromatic N) is 2. The van der Waals surface area contributed by atoms with Gasteiger partial charge < -0.3 is 14.6 Å². The van der Waals surface area contributed by atoms with E-state index in [0.29, 0.717) is 13.0 Å². The molecule has 0 aliphatic carbocycles. The van der Waals surface area contributed by atoms with Gasteiger partial charge in [-0.1, -0.05) is 30.4 Å². The van der Waals surface area contributed by atoms with Gasteiger partial charge in [0.05, 0.1) is 6.42 Å². The number of benzene rings is 1. The predicted octanol–water partition coefficient (Wildman–Crippen LogP) is 3.99. The molecule has 0 bridgehead atoms. The Labute approximate surface area is 200 Å². The lowest BCUT2D eigenvalue weighted by molar-refractivity contribution is -0.695. The molecule has 0 fully saturated rings. The second-order valence-electron chi connectivity index (χ2n) is 8.31. The quantitative estimate of drug-likeness (QED) is 0.262. The summed E-state index contributed by atoms with van der Waals surface area (Å²) in [5.41, 5.74) is 6.77. The molecule has 3 aromatic rings. The van der Waals surface area contributed by atoms with Crippen molar-refractivity contribution in [2.24, 2.45) is 0 Å². The highest BCUT2D eigenvalue weighted by Gasteiger charge is 2.15. The molecule has 34 heavy (non-hydrogen) atoms. The lowest BCUT2D eigenvalue weighted by Gasteiger charge is -2.07. The number of aromatic nitrogens is 2. The summed E-state index contributed by atoms with van der Waals surface area (Å²) in [5.74, 6) is 0. The highest BCUT2D eigenvalue weighted by molar-refractivity contribution is 7.51. The van der Waals surface area contributed by atoms with E-state index in [4.69, 9.17) is 9.79 Å². The minimum absolute atomic E-state index is 0.172. The number of aldehydes is 1. The molecule has 0 amide bonds. The Morgan fingerprint density at radius 1 is 0.765 bits per heavy atom. The highest BCUT2D eigenvalue weighted by atomic mass is 31.2. The monoisotopic (exact) mass is 478 g/mol. The lowest BCUT2D eigenvalue weighted by Crippen LogP contribution is -2.34. The van der Waals surface area contributed by atoms with Crippen LogP contribution in [0.5, 0.6) is 0 Å². The number of hydrogen-bond acceptors (Lipinski definition) is 2. The number of pyridine rings is 2. The Morgan fingerprint density at radius 2 is 1.24 bits per heavy atom. The molecule has 0 unspecified atom stereocenters. The van der Waals surface area contributed by atoms with Gasteiger partial charge in [0.2, 0.25) is 0 Å². The molecule has 176 valence electrons. The second-order valence-corrected chi connectivity index (χ2v) is 10.1. The van der Waals surface area contributed by atoms with E-state index in [1.807, 2.05) is 59.7 Å². The van der Waals surface area contributed by atoms with E-state index in [1.165, 1.54) is 11.1 Å². The van der Waals surface area contributed by atoms with Crippen LogP contribution in [0, 0.1) is 13.8 Å². The van der Waals surface area contributed by atoms with Gasteiger partial charge in [-0.3, -0.25) is 4.57 Å². The van der Waals surface area contributed by atoms with Gasteiger partial charge in [0.25, 0.3) is 0 Å². The van der Waals surface area contributed by atoms with Crippen molar-refractivity contribution in [3.63, 3.8) is 0 Å². The van der Waals surface area contributed by atoms with Gasteiger partial charge in [-0.15, -0.1) is 0 Å². The normalized spacial score (nSPS) is 12.0. The molecule has 0 aliphatic heterocycles. The molecule has 0 atom stereocenters. The van der Waals surface area contributed by atoms with Crippen molar-refractivity contribution < 1.29 is 28.3 Å². The maximum Gasteiger partial charge on any atom is 0.331 e. The van der Waals surface area contributed by atoms with Crippen molar-refractivity contribution in [2.75, 3.05) is 6.16 Å². The van der Waals surface area contributed by atoms with Crippen molar-refractivity contribution >= 4 is 38.2 Å². The molecule has 2 N–H and O–H groups in total. The fourth-order valence-corrected chi connectivity index (χ4v) is 4.01. The largest absolute Gasteiger partial charge is 0.331 e. The Kier molecular flexibility index (Phi) is 8.83. The highest BCUT2D eigenvalue weighted by Crippen LogP contribution is 2.33. The summed E-state index contributed by atoms with van der Waals surface area (Å²) in [6.07, 6.45) is 17.2. The van der Waals surface area contributed by atoms with E-state index in [1.54, 1.807) is 4.57 Å². The predicted molar refractivity (Wildman–Crippen MR) is 135 cm³/mol. The first-order chi connectivity index (χ1) is 16.2. The van der Waals surface area contributed by atoms with E-state index in [-0.39, 0.29) is 12.7 Å². The molecule has 6 nitrogen and oxygen atoms in total. The third-order valence-corrected chi connectivity index (χ3v) is 6.34. The summed E-state index contributed by atoms with van der Waals surface area (Å²) in [6, 6.07) is 12.3. The maximum atomic E-state index is 11.0. The summed E-state index contributed by atoms with van der Waals surface area (Å²) in [7, 11) is -4.00. The van der Waals surface area contributed by atoms with Gasteiger partial charge in [0.1, 0.15) is 12.4 Å². The summed E-state index contributed by atoms with van der Waals surface area (Å²) in [5, 5.41) is 0. The summed E-state index contributed by atoms with van der Waals surface area (Å²) < 4.78 is 14.8. The second kappa shape index (κ2) is 11.8. The molecular weight excluding hydrogens is 447 g/mol. The molecule has 0 aliphatic rings. The zero-order valence-electron chi connectivity index (χ0n) is 19.5. The zero-order valence-corrected chi connectivity index (χ0v) is 20.4. The maximum absolute atomic E-state index is 11.0. The lowest BCUT2D eigenvalue weighted by atomic mass is 9.98. The van der Waals surface area contributed by atoms with E-state index in [0.717, 1.165) is 28.5 Å². The van der Waals surface area contributed by atoms with Gasteiger partial charge in [0, 0.05) is 24.3 Å². The van der Waals surface area contributed by atoms with Crippen LogP contribution in [-0.2, 0) is 22.4 Å². The smallest absolute Gasteiger partial charge is 0.324 e. The molecule has 7 heteroatoms. The number of carbonyl (C=O) groups is 1. The van der Waals surface area contributed by atoms with E-state index >= 15 is 0 Å². The van der Waals surface area contributed by atoms with Crippen LogP contribution in [0.3, 0.4) is 0 Å². The van der Waals surface area contributed by atoms with Gasteiger partial charge in [-0.2, -0.15) is 0 Å². The Bertz CT molecular complexity index is 1230. The van der Waals surface area contributed by atoms with E-state index < -0.39 is 7.60 Å². The first kappa shape index (κ1) is 25.4. The van der Waals surface area contributed by atoms with Gasteiger partial charge in [0.15, 0.2) is 37.9 Å². The van der Waals surface area contributed by atoms with Crippen LogP contribution < -0.4 is 9.13 Å². The van der Waals surface area contributed by atoms with Crippen LogP contribution in [-0.4, -0.2) is 22.2 Å². The van der Waals surface area contributed by atoms with Gasteiger partial charge in [-0.25, -0.2) is 9.13 Å². The van der Waals surface area contributed by atoms with Crippen LogP contribution in [0.25, 0.3) is 24.3 Å². The first-order valence-electron chi connectivity index (χ1n) is 11.2. The van der Waals surface area contributed by atoms with Crippen LogP contribution in [0.15, 0.2) is 61.2 Å². The fourth-order valence-electron chi connectivity index (χ4n) is 3.52. The van der Waals surface area contributed by atoms with Crippen LogP contribution in [0.4, 0.5) is 0 Å². The summed E-state index contributed by atoms with van der Waals surface area (Å²) >= 11 is 0. The van der Waals surface area contributed by atoms with Gasteiger partial charge in [-0.05, 0) is 53.3 Å². The molecule has 0 radical (unpaired) electrons. The zero-order chi connectivity index (χ0) is 24.6. The molecule has 2 aromatic heterocycles. The van der Waals surface area contributed by atoms with Crippen molar-refractivity contribution in [3.8, 4) is 0 Å². The van der Waals surface area contributed by atoms with Crippen molar-refractivity contribution in [1.29, 1.82) is 0 Å². The fraction of sp³-hybridized carbons (Fsp3) is 0.222. The van der Waals surface area contributed by atoms with E-state index in [9.17, 15) is 9.36 Å². The number of hydrogen-bond donors (Lipinski definition) is 2. The number of carbonyl (C=O) groups excluding carboxylic acids is 1. The first-order valence-corrected chi connectivity index (χ1v) is 13.0. The van der Waals surface area contributed by atoms with Gasteiger partial charge >= 0.3 is 7.60 Å². The van der Waals surface area contributed by atoms with E-state index in [2.05, 4.69) is 44.2 Å². The summed E-state index contributed by atoms with van der Waals surface area (Å²) in [6.45, 7) is 5.17. The van der Waals surface area contributed by atoms with Crippen LogP contribution in [0.2, 0.25) is 0 Å². The molecular formula is C27H31N2O4P+2. The molecule has 0 saturated carbocycles. The topological polar surface area (TPSA) is 82.4 Å². The van der Waals surface area contributed by atoms with Crippen molar-refractivity contribution in [1.82, 2.24) is 0 Å². The standard InChI is InChI=1S/C27H29N2O4P/c1-22-20-23(2)27(7-5-25-10-15-29(16-11-25)17-19-34(31,32)33)21-26(22)6-4-24-8-13-28(14-9-24)12-3-18-30/h4-11,13-16,18,20-21H,3,12,17,19H2,1-2H3/p+2/b6-4+,7-5+. The van der Waals surface area contributed by atoms with Crippen molar-refractivity contribution in [2.45, 2.75) is 33.4 Å². The minimum atomic E-state index is -4.00. The molecule has 0 spiro atoms. The van der Waals surface area contributed by atoms with Crippen LogP contribution in [0.1, 0.15) is 39.8 Å². The van der Waals surface area contributed by atoms with Crippen molar-refractivity contribution in [3.05, 3.63) is 94.6 Å². The third kappa shape index (κ3) is 7.99. The third-order valence-electron chi connectivity index (χ3n) is 5.55. The molecule has 0 saturated heterocycles. The average Bonchev–Trinajstić information content (AvgIpc) is 2.81. The molecule has 3 rings (SSSR count). The Hall–Kier alpha value is -3.18. The Balaban J connectivity index is 1.71. The van der Waals surface area contributed by atoms with Crippen LogP contribution >= 0.6 is 7.60 Å². The SMILES string of the molecule is Cc1cc(C)c(/C=C/c2cc[n+](CCP(=O)(O)O)cc2)cc1/C=C/c1cc[n+](CCC=O)cc1. The molecule has 2 heterocycles.